The van der Waals surface area contributed by atoms with Gasteiger partial charge >= 0.3 is 0 Å². The maximum Gasteiger partial charge on any atom is 0.244 e. The van der Waals surface area contributed by atoms with Crippen LogP contribution in [0.2, 0.25) is 0 Å². The summed E-state index contributed by atoms with van der Waals surface area (Å²) in [5.41, 5.74) is 4.70. The van der Waals surface area contributed by atoms with Gasteiger partial charge < -0.3 is 24.1 Å². The number of hydrogen-bond donors (Lipinski definition) is 1. The quantitative estimate of drug-likeness (QED) is 0.721. The zero-order valence-corrected chi connectivity index (χ0v) is 16.1. The fourth-order valence-electron chi connectivity index (χ4n) is 2.95. The smallest absolute Gasteiger partial charge is 0.244 e. The minimum absolute atomic E-state index is 0.148. The SMILES string of the molecule is COc1cc(NC(=O)Cn2cnc3cc(C)c(C)cc32)cc(OC)c1OC. The van der Waals surface area contributed by atoms with Gasteiger partial charge in [0.1, 0.15) is 6.54 Å². The van der Waals surface area contributed by atoms with E-state index in [9.17, 15) is 4.79 Å². The molecule has 1 aromatic heterocycles. The number of aryl methyl sites for hydroxylation is 2. The number of anilines is 1. The summed E-state index contributed by atoms with van der Waals surface area (Å²) in [6.45, 7) is 4.24. The molecule has 0 unspecified atom stereocenters. The number of ether oxygens (including phenoxy) is 3. The minimum atomic E-state index is -0.179. The zero-order valence-electron chi connectivity index (χ0n) is 16.1. The summed E-state index contributed by atoms with van der Waals surface area (Å²) in [4.78, 5) is 16.9. The molecule has 0 aliphatic rings. The van der Waals surface area contributed by atoms with E-state index in [0.29, 0.717) is 22.9 Å². The van der Waals surface area contributed by atoms with Crippen LogP contribution >= 0.6 is 0 Å². The van der Waals surface area contributed by atoms with E-state index in [2.05, 4.69) is 10.3 Å². The molecule has 1 heterocycles. The normalized spacial score (nSPS) is 10.7. The Kier molecular flexibility index (Phi) is 5.21. The Morgan fingerprint density at radius 3 is 2.22 bits per heavy atom. The van der Waals surface area contributed by atoms with Crippen molar-refractivity contribution in [2.45, 2.75) is 20.4 Å². The van der Waals surface area contributed by atoms with Crippen molar-refractivity contribution in [1.29, 1.82) is 0 Å². The Balaban J connectivity index is 1.83. The van der Waals surface area contributed by atoms with Crippen LogP contribution in [0.4, 0.5) is 5.69 Å². The van der Waals surface area contributed by atoms with Crippen molar-refractivity contribution in [2.75, 3.05) is 26.6 Å². The molecular weight excluding hydrogens is 346 g/mol. The highest BCUT2D eigenvalue weighted by atomic mass is 16.5. The highest BCUT2D eigenvalue weighted by Crippen LogP contribution is 2.39. The molecule has 7 nitrogen and oxygen atoms in total. The average Bonchev–Trinajstić information content (AvgIpc) is 3.02. The monoisotopic (exact) mass is 369 g/mol. The summed E-state index contributed by atoms with van der Waals surface area (Å²) in [6.07, 6.45) is 1.68. The van der Waals surface area contributed by atoms with Crippen LogP contribution in [0.15, 0.2) is 30.6 Å². The molecule has 1 amide bonds. The third-order valence-corrected chi connectivity index (χ3v) is 4.50. The van der Waals surface area contributed by atoms with E-state index in [-0.39, 0.29) is 12.5 Å². The summed E-state index contributed by atoms with van der Waals surface area (Å²) in [7, 11) is 4.60. The second-order valence-corrected chi connectivity index (χ2v) is 6.26. The lowest BCUT2D eigenvalue weighted by Gasteiger charge is -2.15. The van der Waals surface area contributed by atoms with Crippen LogP contribution in [0, 0.1) is 13.8 Å². The van der Waals surface area contributed by atoms with Gasteiger partial charge in [0.2, 0.25) is 11.7 Å². The van der Waals surface area contributed by atoms with Crippen molar-refractivity contribution in [2.24, 2.45) is 0 Å². The molecule has 0 radical (unpaired) electrons. The van der Waals surface area contributed by atoms with E-state index in [4.69, 9.17) is 14.2 Å². The standard InChI is InChI=1S/C20H23N3O4/c1-12-6-15-16(7-13(12)2)23(11-21-15)10-19(24)22-14-8-17(25-3)20(27-5)18(9-14)26-4/h6-9,11H,10H2,1-5H3,(H,22,24). The predicted octanol–water partition coefficient (Wildman–Crippen LogP) is 3.32. The lowest BCUT2D eigenvalue weighted by atomic mass is 10.1. The van der Waals surface area contributed by atoms with Crippen molar-refractivity contribution in [3.63, 3.8) is 0 Å². The third kappa shape index (κ3) is 3.67. The molecule has 3 aromatic rings. The second kappa shape index (κ2) is 7.57. The first-order valence-electron chi connectivity index (χ1n) is 8.48. The van der Waals surface area contributed by atoms with Gasteiger partial charge in [-0.05, 0) is 37.1 Å². The lowest BCUT2D eigenvalue weighted by Crippen LogP contribution is -2.18. The van der Waals surface area contributed by atoms with E-state index in [0.717, 1.165) is 16.6 Å². The Labute approximate surface area is 157 Å². The van der Waals surface area contributed by atoms with Crippen LogP contribution in [0.1, 0.15) is 11.1 Å². The van der Waals surface area contributed by atoms with Gasteiger partial charge in [-0.1, -0.05) is 0 Å². The lowest BCUT2D eigenvalue weighted by molar-refractivity contribution is -0.116. The summed E-state index contributed by atoms with van der Waals surface area (Å²) < 4.78 is 17.8. The molecule has 142 valence electrons. The number of imidazole rings is 1. The highest BCUT2D eigenvalue weighted by Gasteiger charge is 2.15. The molecule has 0 aliphatic carbocycles. The topological polar surface area (TPSA) is 74.6 Å². The molecule has 3 rings (SSSR count). The number of hydrogen-bond acceptors (Lipinski definition) is 5. The van der Waals surface area contributed by atoms with Crippen molar-refractivity contribution in [1.82, 2.24) is 9.55 Å². The molecule has 0 fully saturated rings. The van der Waals surface area contributed by atoms with Gasteiger partial charge in [-0.15, -0.1) is 0 Å². The molecule has 1 N–H and O–H groups in total. The number of carbonyl (C=O) groups excluding carboxylic acids is 1. The van der Waals surface area contributed by atoms with Crippen molar-refractivity contribution >= 4 is 22.6 Å². The Morgan fingerprint density at radius 2 is 1.63 bits per heavy atom. The van der Waals surface area contributed by atoms with Crippen LogP contribution in [-0.4, -0.2) is 36.8 Å². The van der Waals surface area contributed by atoms with E-state index in [1.165, 1.54) is 26.9 Å². The minimum Gasteiger partial charge on any atom is -0.493 e. The molecule has 0 saturated carbocycles. The van der Waals surface area contributed by atoms with E-state index in [1.807, 2.05) is 30.5 Å². The molecule has 0 saturated heterocycles. The van der Waals surface area contributed by atoms with Crippen LogP contribution < -0.4 is 19.5 Å². The summed E-state index contributed by atoms with van der Waals surface area (Å²) in [6, 6.07) is 7.46. The first-order chi connectivity index (χ1) is 13.0. The van der Waals surface area contributed by atoms with Crippen LogP contribution in [0.25, 0.3) is 11.0 Å². The first-order valence-corrected chi connectivity index (χ1v) is 8.48. The summed E-state index contributed by atoms with van der Waals surface area (Å²) >= 11 is 0. The number of aromatic nitrogens is 2. The van der Waals surface area contributed by atoms with Gasteiger partial charge in [-0.2, -0.15) is 0 Å². The van der Waals surface area contributed by atoms with Gasteiger partial charge in [0.15, 0.2) is 11.5 Å². The fraction of sp³-hybridized carbons (Fsp3) is 0.300. The number of carbonyl (C=O) groups is 1. The Morgan fingerprint density at radius 1 is 1.00 bits per heavy atom. The van der Waals surface area contributed by atoms with Crippen molar-refractivity contribution < 1.29 is 19.0 Å². The zero-order chi connectivity index (χ0) is 19.6. The van der Waals surface area contributed by atoms with Crippen LogP contribution in [0.3, 0.4) is 0 Å². The summed E-state index contributed by atoms with van der Waals surface area (Å²) in [5.74, 6) is 1.25. The maximum atomic E-state index is 12.6. The van der Waals surface area contributed by atoms with Crippen LogP contribution in [0.5, 0.6) is 17.2 Å². The van der Waals surface area contributed by atoms with Gasteiger partial charge in [0.05, 0.1) is 38.7 Å². The van der Waals surface area contributed by atoms with E-state index >= 15 is 0 Å². The first kappa shape index (κ1) is 18.6. The van der Waals surface area contributed by atoms with Crippen molar-refractivity contribution in [3.05, 3.63) is 41.7 Å². The van der Waals surface area contributed by atoms with Crippen molar-refractivity contribution in [3.8, 4) is 17.2 Å². The maximum absolute atomic E-state index is 12.6. The largest absolute Gasteiger partial charge is 0.493 e. The molecule has 0 spiro atoms. The number of benzene rings is 2. The molecule has 0 aliphatic heterocycles. The molecule has 0 bridgehead atoms. The van der Waals surface area contributed by atoms with Crippen LogP contribution in [-0.2, 0) is 11.3 Å². The number of nitrogens with one attached hydrogen (secondary N) is 1. The molecule has 0 atom stereocenters. The van der Waals surface area contributed by atoms with E-state index in [1.54, 1.807) is 18.5 Å². The Bertz CT molecular complexity index is 969. The molecular formula is C20H23N3O4. The van der Waals surface area contributed by atoms with Gasteiger partial charge in [0.25, 0.3) is 0 Å². The fourth-order valence-corrected chi connectivity index (χ4v) is 2.95. The highest BCUT2D eigenvalue weighted by molar-refractivity contribution is 5.92. The number of nitrogens with zero attached hydrogens (tertiary/aromatic N) is 2. The predicted molar refractivity (Wildman–Crippen MR) is 104 cm³/mol. The van der Waals surface area contributed by atoms with E-state index < -0.39 is 0 Å². The van der Waals surface area contributed by atoms with Gasteiger partial charge in [-0.3, -0.25) is 4.79 Å². The number of fused-ring (bicyclic) bond motifs is 1. The molecule has 27 heavy (non-hydrogen) atoms. The molecule has 7 heteroatoms. The third-order valence-electron chi connectivity index (χ3n) is 4.50. The number of amides is 1. The number of rotatable bonds is 6. The average molecular weight is 369 g/mol. The second-order valence-electron chi connectivity index (χ2n) is 6.26. The van der Waals surface area contributed by atoms with Gasteiger partial charge in [0, 0.05) is 17.8 Å². The molecule has 2 aromatic carbocycles. The summed E-state index contributed by atoms with van der Waals surface area (Å²) in [5, 5.41) is 2.87. The van der Waals surface area contributed by atoms with Gasteiger partial charge in [-0.25, -0.2) is 4.98 Å². The number of methoxy groups -OCH3 is 3. The Hall–Kier alpha value is -3.22.